The quantitative estimate of drug-likeness (QED) is 0.581. The topological polar surface area (TPSA) is 18.5 Å². The summed E-state index contributed by atoms with van der Waals surface area (Å²) in [6.45, 7) is 2.67. The monoisotopic (exact) mass is 274 g/mol. The highest BCUT2D eigenvalue weighted by molar-refractivity contribution is 14.2. The molecule has 1 saturated heterocycles. The Hall–Kier alpha value is 1.00. The first-order valence-electron chi connectivity index (χ1n) is 3.41. The van der Waals surface area contributed by atoms with E-state index in [9.17, 15) is 0 Å². The van der Waals surface area contributed by atoms with E-state index in [2.05, 4.69) is 21.2 Å². The zero-order chi connectivity index (χ0) is 7.23. The molecule has 1 aliphatic heterocycles. The predicted molar refractivity (Wildman–Crippen MR) is 51.1 cm³/mol. The van der Waals surface area contributed by atoms with Gasteiger partial charge in [-0.25, -0.2) is 0 Å². The molecule has 4 heteroatoms. The van der Waals surface area contributed by atoms with Crippen LogP contribution in [0.5, 0.6) is 0 Å². The van der Waals surface area contributed by atoms with E-state index in [1.807, 2.05) is 0 Å². The van der Waals surface area contributed by atoms with Crippen LogP contribution in [-0.4, -0.2) is 19.8 Å². The molecule has 1 aliphatic rings. The van der Waals surface area contributed by atoms with Gasteiger partial charge in [0.1, 0.15) is 0 Å². The van der Waals surface area contributed by atoms with E-state index in [1.165, 1.54) is 22.1 Å². The molecular formula is C6H11IO2S. The molecule has 0 spiro atoms. The lowest BCUT2D eigenvalue weighted by Crippen LogP contribution is -2.20. The Morgan fingerprint density at radius 1 is 1.70 bits per heavy atom. The first-order chi connectivity index (χ1) is 4.93. The second kappa shape index (κ2) is 5.62. The number of halogens is 1. The third kappa shape index (κ3) is 3.41. The SMILES string of the molecule is ISOCC1CCCOC1. The summed E-state index contributed by atoms with van der Waals surface area (Å²) in [6, 6.07) is 0. The van der Waals surface area contributed by atoms with Gasteiger partial charge in [0.2, 0.25) is 0 Å². The van der Waals surface area contributed by atoms with Crippen LogP contribution in [0.25, 0.3) is 0 Å². The summed E-state index contributed by atoms with van der Waals surface area (Å²) in [4.78, 5) is 0. The normalized spacial score (nSPS) is 26.7. The van der Waals surface area contributed by atoms with Crippen molar-refractivity contribution in [1.29, 1.82) is 0 Å². The summed E-state index contributed by atoms with van der Waals surface area (Å²) in [5, 5.41) is 0. The molecule has 1 rings (SSSR count). The first-order valence-corrected chi connectivity index (χ1v) is 6.70. The van der Waals surface area contributed by atoms with Gasteiger partial charge in [-0.15, -0.1) is 0 Å². The van der Waals surface area contributed by atoms with Crippen LogP contribution in [0, 0.1) is 5.92 Å². The summed E-state index contributed by atoms with van der Waals surface area (Å²) < 4.78 is 10.5. The fourth-order valence-corrected chi connectivity index (χ4v) is 1.75. The smallest absolute Gasteiger partial charge is 0.0673 e. The molecule has 0 amide bonds. The molecule has 60 valence electrons. The zero-order valence-corrected chi connectivity index (χ0v) is 8.69. The first kappa shape index (κ1) is 9.09. The third-order valence-electron chi connectivity index (χ3n) is 1.60. The number of rotatable bonds is 3. The van der Waals surface area contributed by atoms with Crippen molar-refractivity contribution in [2.45, 2.75) is 12.8 Å². The number of ether oxygens (including phenoxy) is 1. The summed E-state index contributed by atoms with van der Waals surface area (Å²) in [5.41, 5.74) is 0. The lowest BCUT2D eigenvalue weighted by Gasteiger charge is -2.20. The van der Waals surface area contributed by atoms with E-state index in [0.29, 0.717) is 5.92 Å². The number of hydrogen-bond acceptors (Lipinski definition) is 3. The Morgan fingerprint density at radius 2 is 2.60 bits per heavy atom. The van der Waals surface area contributed by atoms with Crippen LogP contribution in [0.3, 0.4) is 0 Å². The maximum absolute atomic E-state index is 5.29. The Labute approximate surface area is 77.8 Å². The third-order valence-corrected chi connectivity index (χ3v) is 2.59. The largest absolute Gasteiger partial charge is 0.381 e. The fraction of sp³-hybridized carbons (Fsp3) is 1.00. The van der Waals surface area contributed by atoms with Crippen molar-refractivity contribution in [2.24, 2.45) is 5.92 Å². The standard InChI is InChI=1S/C6H11IO2S/c7-10-9-5-6-2-1-3-8-4-6/h6H,1-5H2. The molecule has 0 saturated carbocycles. The summed E-state index contributed by atoms with van der Waals surface area (Å²) in [7, 11) is 1.41. The van der Waals surface area contributed by atoms with Crippen molar-refractivity contribution < 1.29 is 8.92 Å². The molecule has 2 nitrogen and oxygen atoms in total. The molecule has 1 fully saturated rings. The molecule has 0 radical (unpaired) electrons. The average molecular weight is 274 g/mol. The molecular weight excluding hydrogens is 263 g/mol. The van der Waals surface area contributed by atoms with Crippen LogP contribution < -0.4 is 0 Å². The van der Waals surface area contributed by atoms with Gasteiger partial charge in [-0.05, 0) is 12.8 Å². The van der Waals surface area contributed by atoms with Gasteiger partial charge in [-0.1, -0.05) is 0 Å². The van der Waals surface area contributed by atoms with Crippen molar-refractivity contribution in [3.05, 3.63) is 0 Å². The van der Waals surface area contributed by atoms with Crippen molar-refractivity contribution >= 4 is 30.4 Å². The Morgan fingerprint density at radius 3 is 3.20 bits per heavy atom. The molecule has 10 heavy (non-hydrogen) atoms. The van der Waals surface area contributed by atoms with Crippen LogP contribution in [0.15, 0.2) is 0 Å². The summed E-state index contributed by atoms with van der Waals surface area (Å²) in [6.07, 6.45) is 2.46. The van der Waals surface area contributed by atoms with E-state index in [-0.39, 0.29) is 0 Å². The molecule has 0 aromatic rings. The molecule has 0 aromatic carbocycles. The Bertz CT molecular complexity index is 85.8. The van der Waals surface area contributed by atoms with Crippen molar-refractivity contribution in [2.75, 3.05) is 19.8 Å². The van der Waals surface area contributed by atoms with Gasteiger partial charge in [-0.3, -0.25) is 0 Å². The van der Waals surface area contributed by atoms with Gasteiger partial charge in [0.25, 0.3) is 0 Å². The van der Waals surface area contributed by atoms with Gasteiger partial charge in [0.15, 0.2) is 0 Å². The second-order valence-corrected chi connectivity index (χ2v) is 3.87. The van der Waals surface area contributed by atoms with Crippen LogP contribution in [0.2, 0.25) is 0 Å². The van der Waals surface area contributed by atoms with Gasteiger partial charge >= 0.3 is 0 Å². The predicted octanol–water partition coefficient (Wildman–Crippen LogP) is 2.43. The van der Waals surface area contributed by atoms with Crippen LogP contribution >= 0.6 is 30.4 Å². The number of hydrogen-bond donors (Lipinski definition) is 0. The van der Waals surface area contributed by atoms with E-state index in [1.54, 1.807) is 0 Å². The van der Waals surface area contributed by atoms with Crippen LogP contribution in [0.4, 0.5) is 0 Å². The highest BCUT2D eigenvalue weighted by Crippen LogP contribution is 2.19. The highest BCUT2D eigenvalue weighted by atomic mass is 127. The maximum Gasteiger partial charge on any atom is 0.0673 e. The minimum Gasteiger partial charge on any atom is -0.381 e. The Kier molecular flexibility index (Phi) is 5.11. The van der Waals surface area contributed by atoms with Crippen LogP contribution in [0.1, 0.15) is 12.8 Å². The van der Waals surface area contributed by atoms with Gasteiger partial charge in [0.05, 0.1) is 22.4 Å². The van der Waals surface area contributed by atoms with Crippen LogP contribution in [-0.2, 0) is 8.92 Å². The summed E-state index contributed by atoms with van der Waals surface area (Å²) >= 11 is 2.14. The van der Waals surface area contributed by atoms with Gasteiger partial charge in [-0.2, -0.15) is 0 Å². The molecule has 1 heterocycles. The molecule has 0 aromatic heterocycles. The molecule has 0 aliphatic carbocycles. The van der Waals surface area contributed by atoms with Crippen molar-refractivity contribution in [3.8, 4) is 0 Å². The van der Waals surface area contributed by atoms with Gasteiger partial charge < -0.3 is 8.92 Å². The average Bonchev–Trinajstić information content (AvgIpc) is 2.03. The fourth-order valence-electron chi connectivity index (χ4n) is 1.06. The maximum atomic E-state index is 5.29. The molecule has 1 atom stereocenters. The molecule has 0 bridgehead atoms. The zero-order valence-electron chi connectivity index (χ0n) is 5.72. The van der Waals surface area contributed by atoms with Crippen molar-refractivity contribution in [3.63, 3.8) is 0 Å². The molecule has 0 N–H and O–H groups in total. The van der Waals surface area contributed by atoms with Crippen molar-refractivity contribution in [1.82, 2.24) is 0 Å². The van der Waals surface area contributed by atoms with E-state index < -0.39 is 0 Å². The lowest BCUT2D eigenvalue weighted by atomic mass is 10.0. The second-order valence-electron chi connectivity index (χ2n) is 2.43. The minimum atomic E-state index is 0.635. The lowest BCUT2D eigenvalue weighted by molar-refractivity contribution is 0.0389. The Balaban J connectivity index is 2.02. The molecule has 1 unspecified atom stereocenters. The highest BCUT2D eigenvalue weighted by Gasteiger charge is 2.13. The van der Waals surface area contributed by atoms with E-state index in [0.717, 1.165) is 19.8 Å². The van der Waals surface area contributed by atoms with Gasteiger partial charge in [0, 0.05) is 33.7 Å². The van der Waals surface area contributed by atoms with E-state index in [4.69, 9.17) is 8.92 Å². The van der Waals surface area contributed by atoms with E-state index >= 15 is 0 Å². The minimum absolute atomic E-state index is 0.635. The summed E-state index contributed by atoms with van der Waals surface area (Å²) in [5.74, 6) is 0.635.